The molecule has 0 aromatic rings. The van der Waals surface area contributed by atoms with Crippen molar-refractivity contribution in [1.82, 2.24) is 0 Å². The molecule has 15 heavy (non-hydrogen) atoms. The molecule has 1 atom stereocenters. The summed E-state index contributed by atoms with van der Waals surface area (Å²) in [5.41, 5.74) is 9.81. The second kappa shape index (κ2) is 7.14. The predicted molar refractivity (Wildman–Crippen MR) is 53.0 cm³/mol. The van der Waals surface area contributed by atoms with E-state index in [2.05, 4.69) is 0 Å². The fourth-order valence-electron chi connectivity index (χ4n) is 0.640. The van der Waals surface area contributed by atoms with Crippen molar-refractivity contribution in [3.05, 3.63) is 23.5 Å². The zero-order chi connectivity index (χ0) is 11.8. The maximum Gasteiger partial charge on any atom is 0.353 e. The molecule has 82 valence electrons. The molecule has 6 nitrogen and oxygen atoms in total. The van der Waals surface area contributed by atoms with Gasteiger partial charge in [-0.2, -0.15) is 0 Å². The molecule has 4 N–H and O–H groups in total. The molecule has 0 aliphatic heterocycles. The smallest absolute Gasteiger partial charge is 0.353 e. The van der Waals surface area contributed by atoms with Crippen LogP contribution in [0.25, 0.3) is 0 Å². The van der Waals surface area contributed by atoms with E-state index in [0.29, 0.717) is 13.1 Å². The van der Waals surface area contributed by atoms with E-state index in [1.54, 1.807) is 0 Å². The summed E-state index contributed by atoms with van der Waals surface area (Å²) in [6, 6.07) is 0. The quantitative estimate of drug-likeness (QED) is 0.443. The van der Waals surface area contributed by atoms with E-state index in [-0.39, 0.29) is 0 Å². The van der Waals surface area contributed by atoms with Gasteiger partial charge in [0.25, 0.3) is 0 Å². The van der Waals surface area contributed by atoms with Gasteiger partial charge in [0.05, 0.1) is 0 Å². The number of allylic oxidation sites excluding steroid dienone is 4. The maximum atomic E-state index is 10.7. The van der Waals surface area contributed by atoms with Crippen LogP contribution in [0.3, 0.4) is 0 Å². The van der Waals surface area contributed by atoms with Gasteiger partial charge in [0.2, 0.25) is 11.1 Å². The number of hydrogen-bond acceptors (Lipinski definition) is 6. The first-order chi connectivity index (χ1) is 7.02. The number of carbonyl (C=O) groups is 2. The third-order valence-corrected chi connectivity index (χ3v) is 2.04. The molecule has 1 unspecified atom stereocenters. The Morgan fingerprint density at radius 2 is 1.73 bits per heavy atom. The van der Waals surface area contributed by atoms with Gasteiger partial charge in [0.1, 0.15) is 0 Å². The lowest BCUT2D eigenvalue weighted by Crippen LogP contribution is -2.11. The van der Waals surface area contributed by atoms with Crippen LogP contribution in [0.5, 0.6) is 0 Å². The molecule has 1 aliphatic carbocycles. The molecule has 0 radical (unpaired) electrons. The fraction of sp³-hybridized carbons (Fsp3) is 0.250. The lowest BCUT2D eigenvalue weighted by atomic mass is 10.2. The van der Waals surface area contributed by atoms with Crippen LogP contribution in [-0.4, -0.2) is 24.7 Å². The van der Waals surface area contributed by atoms with Crippen LogP contribution in [0.2, 0.25) is 0 Å². The van der Waals surface area contributed by atoms with Crippen molar-refractivity contribution < 1.29 is 19.0 Å². The van der Waals surface area contributed by atoms with Gasteiger partial charge in [-0.05, 0) is 12.2 Å². The highest BCUT2D eigenvalue weighted by Crippen LogP contribution is 2.25. The van der Waals surface area contributed by atoms with E-state index in [0.717, 1.165) is 18.2 Å². The van der Waals surface area contributed by atoms with Crippen LogP contribution in [0, 0.1) is 0 Å². The minimum absolute atomic E-state index is 0.437. The average Bonchev–Trinajstić information content (AvgIpc) is 2.22. The second-order valence-electron chi connectivity index (χ2n) is 2.46. The molecular weight excluding hydrogens is 219 g/mol. The van der Waals surface area contributed by atoms with E-state index >= 15 is 0 Å². The molecule has 0 amide bonds. The van der Waals surface area contributed by atoms with Crippen LogP contribution in [-0.2, 0) is 14.2 Å². The summed E-state index contributed by atoms with van der Waals surface area (Å²) >= 11 is 0. The van der Waals surface area contributed by atoms with Crippen molar-refractivity contribution in [2.24, 2.45) is 11.5 Å². The van der Waals surface area contributed by atoms with Crippen LogP contribution in [0.15, 0.2) is 23.5 Å². The van der Waals surface area contributed by atoms with Gasteiger partial charge in [0, 0.05) is 19.2 Å². The van der Waals surface area contributed by atoms with E-state index in [1.807, 2.05) is 0 Å². The summed E-state index contributed by atoms with van der Waals surface area (Å²) in [6.07, 6.45) is 2.79. The Morgan fingerprint density at radius 3 is 2.07 bits per heavy atom. The molecule has 0 bridgehead atoms. The average molecular weight is 230 g/mol. The van der Waals surface area contributed by atoms with Gasteiger partial charge < -0.3 is 16.4 Å². The van der Waals surface area contributed by atoms with E-state index < -0.39 is 24.9 Å². The fourth-order valence-corrected chi connectivity index (χ4v) is 1.13. The molecule has 1 aliphatic rings. The highest BCUT2D eigenvalue weighted by Gasteiger charge is 2.23. The van der Waals surface area contributed by atoms with Crippen LogP contribution >= 0.6 is 8.03 Å². The Labute approximate surface area is 87.5 Å². The van der Waals surface area contributed by atoms with Crippen LogP contribution < -0.4 is 16.4 Å². The van der Waals surface area contributed by atoms with Crippen LogP contribution in [0.1, 0.15) is 0 Å². The Morgan fingerprint density at radius 1 is 1.20 bits per heavy atom. The minimum Gasteiger partial charge on any atom is -0.591 e. The molecule has 0 heterocycles. The van der Waals surface area contributed by atoms with E-state index in [1.165, 1.54) is 0 Å². The number of nitrogens with two attached hydrogens (primary N) is 2. The second-order valence-corrected chi connectivity index (χ2v) is 3.46. The van der Waals surface area contributed by atoms with Crippen molar-refractivity contribution in [3.8, 4) is 0 Å². The minimum atomic E-state index is -2.95. The van der Waals surface area contributed by atoms with Crippen molar-refractivity contribution in [1.29, 1.82) is 0 Å². The monoisotopic (exact) mass is 230 g/mol. The molecule has 7 heteroatoms. The van der Waals surface area contributed by atoms with Crippen molar-refractivity contribution in [3.63, 3.8) is 0 Å². The summed E-state index contributed by atoms with van der Waals surface area (Å²) in [5.74, 6) is -1.11. The first kappa shape index (κ1) is 13.8. The highest BCUT2D eigenvalue weighted by molar-refractivity contribution is 7.43. The van der Waals surface area contributed by atoms with Gasteiger partial charge >= 0.3 is 8.03 Å². The van der Waals surface area contributed by atoms with Gasteiger partial charge in [-0.25, -0.2) is 0 Å². The summed E-state index contributed by atoms with van der Waals surface area (Å²) in [5, 5.41) is -0.437. The van der Waals surface area contributed by atoms with Gasteiger partial charge in [-0.3, -0.25) is 9.59 Å². The summed E-state index contributed by atoms with van der Waals surface area (Å²) in [4.78, 5) is 31.5. The van der Waals surface area contributed by atoms with Crippen molar-refractivity contribution >= 4 is 19.6 Å². The van der Waals surface area contributed by atoms with E-state index in [4.69, 9.17) is 11.5 Å². The molecular formula is C8H11N2O4P. The number of hydrogen-bond donors (Lipinski definition) is 2. The SMILES string of the molecule is NCCN.O=C1C=CC(=O)C([P+](=O)[O-])=C1. The maximum absolute atomic E-state index is 10.7. The Hall–Kier alpha value is -1.20. The first-order valence-corrected chi connectivity index (χ1v) is 5.23. The molecule has 0 fully saturated rings. The number of ketones is 2. The number of carbonyl (C=O) groups excluding carboxylic acids is 2. The first-order valence-electron chi connectivity index (χ1n) is 4.05. The summed E-state index contributed by atoms with van der Waals surface area (Å²) in [6.45, 7) is 1.19. The Kier molecular flexibility index (Phi) is 6.57. The molecule has 0 saturated heterocycles. The normalized spacial score (nSPS) is 15.4. The molecule has 0 aromatic carbocycles. The van der Waals surface area contributed by atoms with Crippen molar-refractivity contribution in [2.45, 2.75) is 0 Å². The van der Waals surface area contributed by atoms with E-state index in [9.17, 15) is 19.0 Å². The largest absolute Gasteiger partial charge is 0.591 e. The summed E-state index contributed by atoms with van der Waals surface area (Å²) in [7, 11) is -2.95. The highest BCUT2D eigenvalue weighted by atomic mass is 31.1. The number of rotatable bonds is 2. The van der Waals surface area contributed by atoms with Crippen LogP contribution in [0.4, 0.5) is 0 Å². The van der Waals surface area contributed by atoms with Crippen molar-refractivity contribution in [2.75, 3.05) is 13.1 Å². The molecule has 0 saturated carbocycles. The van der Waals surface area contributed by atoms with Gasteiger partial charge in [-0.1, -0.05) is 4.57 Å². The molecule has 1 rings (SSSR count). The Balaban J connectivity index is 0.000000423. The molecule has 0 spiro atoms. The van der Waals surface area contributed by atoms with Gasteiger partial charge in [0.15, 0.2) is 5.78 Å². The zero-order valence-electron chi connectivity index (χ0n) is 7.88. The van der Waals surface area contributed by atoms with Gasteiger partial charge in [-0.15, -0.1) is 0 Å². The predicted octanol–water partition coefficient (Wildman–Crippen LogP) is -1.42. The molecule has 0 aromatic heterocycles. The third-order valence-electron chi connectivity index (χ3n) is 1.29. The topological polar surface area (TPSA) is 126 Å². The standard InChI is InChI=1S/C6H3O4P.C2H8N2/c7-4-1-2-5(8)6(3-4)11(9)10;3-1-2-4/h1-3H;1-4H2. The lowest BCUT2D eigenvalue weighted by Gasteiger charge is -1.95. The summed E-state index contributed by atoms with van der Waals surface area (Å²) < 4.78 is 10.3. The lowest BCUT2D eigenvalue weighted by molar-refractivity contribution is -0.162. The third kappa shape index (κ3) is 5.29. The zero-order valence-corrected chi connectivity index (χ0v) is 8.78. The Bertz CT molecular complexity index is 334.